The van der Waals surface area contributed by atoms with E-state index in [1.54, 1.807) is 0 Å². The lowest BCUT2D eigenvalue weighted by Gasteiger charge is -2.07. The van der Waals surface area contributed by atoms with Gasteiger partial charge in [-0.1, -0.05) is 6.92 Å². The summed E-state index contributed by atoms with van der Waals surface area (Å²) in [4.78, 5) is 21.7. The zero-order valence-electron chi connectivity index (χ0n) is 10.6. The first-order valence-electron chi connectivity index (χ1n) is 5.85. The number of nitrogens with two attached hydrogens (primary N) is 1. The van der Waals surface area contributed by atoms with Crippen molar-refractivity contribution in [2.24, 2.45) is 0 Å². The van der Waals surface area contributed by atoms with Gasteiger partial charge in [0.2, 0.25) is 0 Å². The molecule has 0 amide bonds. The van der Waals surface area contributed by atoms with Crippen LogP contribution in [0.5, 0.6) is 0 Å². The van der Waals surface area contributed by atoms with Crippen LogP contribution in [0.3, 0.4) is 0 Å². The number of hydrogen-bond acceptors (Lipinski definition) is 6. The second-order valence-corrected chi connectivity index (χ2v) is 3.78. The van der Waals surface area contributed by atoms with Gasteiger partial charge in [0.1, 0.15) is 6.61 Å². The lowest BCUT2D eigenvalue weighted by atomic mass is 10.1. The minimum atomic E-state index is -0.693. The predicted molar refractivity (Wildman–Crippen MR) is 68.9 cm³/mol. The maximum absolute atomic E-state index is 11.7. The van der Waals surface area contributed by atoms with Crippen molar-refractivity contribution in [1.29, 1.82) is 0 Å². The predicted octanol–water partition coefficient (Wildman–Crippen LogP) is 1.76. The van der Waals surface area contributed by atoms with E-state index in [1.165, 1.54) is 12.1 Å². The molecule has 0 bridgehead atoms. The Morgan fingerprint density at radius 1 is 1.37 bits per heavy atom. The van der Waals surface area contributed by atoms with Gasteiger partial charge in [-0.3, -0.25) is 10.1 Å². The molecule has 0 aliphatic heterocycles. The van der Waals surface area contributed by atoms with Crippen molar-refractivity contribution >= 4 is 17.3 Å². The van der Waals surface area contributed by atoms with Crippen molar-refractivity contribution in [3.05, 3.63) is 33.9 Å². The van der Waals surface area contributed by atoms with Crippen molar-refractivity contribution in [2.45, 2.75) is 13.3 Å². The van der Waals surface area contributed by atoms with E-state index in [1.807, 2.05) is 6.92 Å². The van der Waals surface area contributed by atoms with Crippen LogP contribution in [-0.2, 0) is 9.47 Å². The lowest BCUT2D eigenvalue weighted by molar-refractivity contribution is -0.384. The van der Waals surface area contributed by atoms with Crippen LogP contribution in [0, 0.1) is 10.1 Å². The number of carbonyl (C=O) groups is 1. The van der Waals surface area contributed by atoms with Gasteiger partial charge in [0, 0.05) is 24.4 Å². The zero-order valence-corrected chi connectivity index (χ0v) is 10.6. The fourth-order valence-corrected chi connectivity index (χ4v) is 1.35. The van der Waals surface area contributed by atoms with Gasteiger partial charge in [0.25, 0.3) is 5.69 Å². The third-order valence-corrected chi connectivity index (χ3v) is 2.28. The molecule has 7 heteroatoms. The van der Waals surface area contributed by atoms with Crippen molar-refractivity contribution in [3.8, 4) is 0 Å². The smallest absolute Gasteiger partial charge is 0.340 e. The van der Waals surface area contributed by atoms with Crippen LogP contribution >= 0.6 is 0 Å². The van der Waals surface area contributed by atoms with E-state index in [-0.39, 0.29) is 30.2 Å². The molecule has 0 unspecified atom stereocenters. The SMILES string of the molecule is CCCOCCOC(=O)c1cc([N+](=O)[O-])ccc1N. The Bertz CT molecular complexity index is 461. The van der Waals surface area contributed by atoms with E-state index in [4.69, 9.17) is 15.2 Å². The Hall–Kier alpha value is -2.15. The van der Waals surface area contributed by atoms with Crippen LogP contribution in [0.4, 0.5) is 11.4 Å². The van der Waals surface area contributed by atoms with E-state index in [2.05, 4.69) is 0 Å². The molecule has 0 saturated heterocycles. The number of nitro benzene ring substituents is 1. The molecule has 104 valence electrons. The second-order valence-electron chi connectivity index (χ2n) is 3.78. The Kier molecular flexibility index (Phi) is 5.74. The molecule has 0 heterocycles. The van der Waals surface area contributed by atoms with Crippen LogP contribution in [0.2, 0.25) is 0 Å². The normalized spacial score (nSPS) is 10.2. The summed E-state index contributed by atoms with van der Waals surface area (Å²) in [7, 11) is 0. The molecule has 1 aromatic carbocycles. The average molecular weight is 268 g/mol. The number of rotatable bonds is 7. The highest BCUT2D eigenvalue weighted by molar-refractivity contribution is 5.95. The van der Waals surface area contributed by atoms with Gasteiger partial charge in [0.05, 0.1) is 17.1 Å². The third kappa shape index (κ3) is 4.55. The van der Waals surface area contributed by atoms with Crippen LogP contribution in [0.25, 0.3) is 0 Å². The van der Waals surface area contributed by atoms with Crippen molar-refractivity contribution in [3.63, 3.8) is 0 Å². The quantitative estimate of drug-likeness (QED) is 0.265. The Balaban J connectivity index is 2.61. The van der Waals surface area contributed by atoms with Crippen LogP contribution in [0.15, 0.2) is 18.2 Å². The topological polar surface area (TPSA) is 105 Å². The summed E-state index contributed by atoms with van der Waals surface area (Å²) in [5.41, 5.74) is 5.52. The third-order valence-electron chi connectivity index (χ3n) is 2.28. The standard InChI is InChI=1S/C12H16N2O5/c1-2-5-18-6-7-19-12(15)10-8-9(14(16)17)3-4-11(10)13/h3-4,8H,2,5-7,13H2,1H3. The van der Waals surface area contributed by atoms with Crippen LogP contribution in [0.1, 0.15) is 23.7 Å². The number of non-ortho nitro benzene ring substituents is 1. The first-order valence-corrected chi connectivity index (χ1v) is 5.85. The summed E-state index contributed by atoms with van der Waals surface area (Å²) in [5.74, 6) is -0.693. The number of esters is 1. The molecule has 0 atom stereocenters. The molecule has 0 fully saturated rings. The second kappa shape index (κ2) is 7.32. The van der Waals surface area contributed by atoms with E-state index in [0.717, 1.165) is 12.5 Å². The molecule has 7 nitrogen and oxygen atoms in total. The number of benzene rings is 1. The van der Waals surface area contributed by atoms with E-state index < -0.39 is 10.9 Å². The van der Waals surface area contributed by atoms with Crippen LogP contribution < -0.4 is 5.73 Å². The molecule has 19 heavy (non-hydrogen) atoms. The van der Waals surface area contributed by atoms with Gasteiger partial charge in [-0.2, -0.15) is 0 Å². The monoisotopic (exact) mass is 268 g/mol. The molecular formula is C12H16N2O5. The van der Waals surface area contributed by atoms with Gasteiger partial charge < -0.3 is 15.2 Å². The fraction of sp³-hybridized carbons (Fsp3) is 0.417. The maximum atomic E-state index is 11.7. The minimum Gasteiger partial charge on any atom is -0.460 e. The minimum absolute atomic E-state index is 0.00954. The van der Waals surface area contributed by atoms with Gasteiger partial charge in [-0.25, -0.2) is 4.79 Å². The molecule has 0 aliphatic rings. The largest absolute Gasteiger partial charge is 0.460 e. The summed E-state index contributed by atoms with van der Waals surface area (Å²) < 4.78 is 10.1. The van der Waals surface area contributed by atoms with E-state index >= 15 is 0 Å². The average Bonchev–Trinajstić information content (AvgIpc) is 2.38. The van der Waals surface area contributed by atoms with Gasteiger partial charge in [-0.05, 0) is 12.5 Å². The molecule has 1 rings (SSSR count). The van der Waals surface area contributed by atoms with E-state index in [0.29, 0.717) is 6.61 Å². The van der Waals surface area contributed by atoms with Gasteiger partial charge in [0.15, 0.2) is 0 Å². The number of nitrogen functional groups attached to an aromatic ring is 1. The molecule has 1 aromatic rings. The lowest BCUT2D eigenvalue weighted by Crippen LogP contribution is -2.13. The zero-order chi connectivity index (χ0) is 14.3. The fourth-order valence-electron chi connectivity index (χ4n) is 1.35. The van der Waals surface area contributed by atoms with Crippen molar-refractivity contribution in [1.82, 2.24) is 0 Å². The summed E-state index contributed by atoms with van der Waals surface area (Å²) >= 11 is 0. The summed E-state index contributed by atoms with van der Waals surface area (Å²) in [5, 5.41) is 10.6. The Labute approximate surface area is 110 Å². The number of hydrogen-bond donors (Lipinski definition) is 1. The van der Waals surface area contributed by atoms with Crippen molar-refractivity contribution < 1.29 is 19.2 Å². The van der Waals surface area contributed by atoms with Crippen LogP contribution in [-0.4, -0.2) is 30.7 Å². The Morgan fingerprint density at radius 2 is 2.11 bits per heavy atom. The van der Waals surface area contributed by atoms with Crippen molar-refractivity contribution in [2.75, 3.05) is 25.6 Å². The number of ether oxygens (including phenoxy) is 2. The summed E-state index contributed by atoms with van der Waals surface area (Å²) in [6.07, 6.45) is 0.881. The first-order chi connectivity index (χ1) is 9.06. The maximum Gasteiger partial charge on any atom is 0.340 e. The highest BCUT2D eigenvalue weighted by Gasteiger charge is 2.16. The number of nitrogens with zero attached hydrogens (tertiary/aromatic N) is 1. The summed E-state index contributed by atoms with van der Waals surface area (Å²) in [6.45, 7) is 2.93. The molecule has 0 spiro atoms. The molecule has 0 aliphatic carbocycles. The molecular weight excluding hydrogens is 252 g/mol. The first kappa shape index (κ1) is 14.9. The molecule has 0 saturated carbocycles. The number of carbonyl (C=O) groups excluding carboxylic acids is 1. The molecule has 2 N–H and O–H groups in total. The highest BCUT2D eigenvalue weighted by Crippen LogP contribution is 2.20. The van der Waals surface area contributed by atoms with Gasteiger partial charge >= 0.3 is 5.97 Å². The molecule has 0 radical (unpaired) electrons. The summed E-state index contributed by atoms with van der Waals surface area (Å²) in [6, 6.07) is 3.64. The Morgan fingerprint density at radius 3 is 2.74 bits per heavy atom. The van der Waals surface area contributed by atoms with Gasteiger partial charge in [-0.15, -0.1) is 0 Å². The molecule has 0 aromatic heterocycles. The van der Waals surface area contributed by atoms with E-state index in [9.17, 15) is 14.9 Å². The number of nitro groups is 1. The number of anilines is 1. The highest BCUT2D eigenvalue weighted by atomic mass is 16.6.